The third-order valence-corrected chi connectivity index (χ3v) is 4.53. The van der Waals surface area contributed by atoms with Crippen LogP contribution in [-0.4, -0.2) is 48.1 Å². The standard InChI is InChI=1S/C19H28N4O4/c20-10-2-1-5-17(24)22-14-8-6-13(7-9-14)12-16(19(26)27)23-18(25)15-4-3-11-21-15/h6-9,15-16,21H,1-5,10-12,20H2,(H,22,24)(H,23,25)(H,26,27). The lowest BCUT2D eigenvalue weighted by Crippen LogP contribution is -2.49. The highest BCUT2D eigenvalue weighted by Crippen LogP contribution is 2.13. The first kappa shape index (κ1) is 20.9. The Bertz CT molecular complexity index is 642. The zero-order chi connectivity index (χ0) is 19.6. The first-order chi connectivity index (χ1) is 13.0. The van der Waals surface area contributed by atoms with Crippen molar-refractivity contribution in [2.24, 2.45) is 5.73 Å². The van der Waals surface area contributed by atoms with Crippen LogP contribution < -0.4 is 21.7 Å². The normalized spacial score (nSPS) is 17.3. The molecule has 148 valence electrons. The van der Waals surface area contributed by atoms with E-state index in [1.165, 1.54) is 0 Å². The highest BCUT2D eigenvalue weighted by molar-refractivity contribution is 5.90. The van der Waals surface area contributed by atoms with E-state index >= 15 is 0 Å². The highest BCUT2D eigenvalue weighted by atomic mass is 16.4. The number of carbonyl (C=O) groups excluding carboxylic acids is 2. The van der Waals surface area contributed by atoms with Crippen LogP contribution in [0.25, 0.3) is 0 Å². The first-order valence-corrected chi connectivity index (χ1v) is 9.35. The predicted octanol–water partition coefficient (Wildman–Crippen LogP) is 0.618. The molecule has 1 heterocycles. The Morgan fingerprint density at radius 3 is 2.56 bits per heavy atom. The predicted molar refractivity (Wildman–Crippen MR) is 102 cm³/mol. The monoisotopic (exact) mass is 376 g/mol. The molecule has 8 heteroatoms. The Labute approximate surface area is 158 Å². The van der Waals surface area contributed by atoms with Crippen molar-refractivity contribution in [3.05, 3.63) is 29.8 Å². The van der Waals surface area contributed by atoms with Crippen molar-refractivity contribution >= 4 is 23.5 Å². The van der Waals surface area contributed by atoms with Crippen molar-refractivity contribution in [3.8, 4) is 0 Å². The Hall–Kier alpha value is -2.45. The van der Waals surface area contributed by atoms with Gasteiger partial charge in [-0.25, -0.2) is 4.79 Å². The zero-order valence-corrected chi connectivity index (χ0v) is 15.4. The number of benzene rings is 1. The van der Waals surface area contributed by atoms with Gasteiger partial charge in [0.05, 0.1) is 6.04 Å². The molecule has 1 aromatic rings. The molecule has 1 aliphatic heterocycles. The average Bonchev–Trinajstić information content (AvgIpc) is 3.17. The van der Waals surface area contributed by atoms with Crippen LogP contribution in [0.5, 0.6) is 0 Å². The van der Waals surface area contributed by atoms with Crippen LogP contribution in [0.3, 0.4) is 0 Å². The average molecular weight is 376 g/mol. The smallest absolute Gasteiger partial charge is 0.326 e. The fourth-order valence-corrected chi connectivity index (χ4v) is 2.99. The number of nitrogens with two attached hydrogens (primary N) is 1. The summed E-state index contributed by atoms with van der Waals surface area (Å²) >= 11 is 0. The van der Waals surface area contributed by atoms with Gasteiger partial charge in [-0.2, -0.15) is 0 Å². The van der Waals surface area contributed by atoms with Gasteiger partial charge in [0.15, 0.2) is 0 Å². The number of amides is 2. The van der Waals surface area contributed by atoms with Gasteiger partial charge in [-0.3, -0.25) is 9.59 Å². The second kappa shape index (κ2) is 10.6. The molecule has 0 aromatic heterocycles. The fourth-order valence-electron chi connectivity index (χ4n) is 2.99. The van der Waals surface area contributed by atoms with Crippen LogP contribution in [0.1, 0.15) is 37.7 Å². The molecule has 2 unspecified atom stereocenters. The maximum absolute atomic E-state index is 12.1. The van der Waals surface area contributed by atoms with Gasteiger partial charge in [-0.1, -0.05) is 12.1 Å². The Morgan fingerprint density at radius 2 is 1.96 bits per heavy atom. The molecule has 1 fully saturated rings. The number of aliphatic carboxylic acids is 1. The maximum Gasteiger partial charge on any atom is 0.326 e. The number of hydrogen-bond acceptors (Lipinski definition) is 5. The topological polar surface area (TPSA) is 134 Å². The minimum Gasteiger partial charge on any atom is -0.480 e. The van der Waals surface area contributed by atoms with E-state index in [-0.39, 0.29) is 24.3 Å². The molecule has 6 N–H and O–H groups in total. The summed E-state index contributed by atoms with van der Waals surface area (Å²) in [4.78, 5) is 35.4. The molecule has 8 nitrogen and oxygen atoms in total. The molecule has 0 bridgehead atoms. The molecule has 27 heavy (non-hydrogen) atoms. The SMILES string of the molecule is NCCCCC(=O)Nc1ccc(CC(NC(=O)C2CCCN2)C(=O)O)cc1. The summed E-state index contributed by atoms with van der Waals surface area (Å²) in [5.41, 5.74) is 6.83. The quantitative estimate of drug-likeness (QED) is 0.380. The van der Waals surface area contributed by atoms with Crippen LogP contribution in [0.15, 0.2) is 24.3 Å². The molecule has 0 aliphatic carbocycles. The summed E-state index contributed by atoms with van der Waals surface area (Å²) in [7, 11) is 0. The van der Waals surface area contributed by atoms with Crippen LogP contribution in [-0.2, 0) is 20.8 Å². The van der Waals surface area contributed by atoms with E-state index in [1.807, 2.05) is 0 Å². The van der Waals surface area contributed by atoms with Crippen molar-refractivity contribution in [1.29, 1.82) is 0 Å². The molecule has 1 aliphatic rings. The molecule has 0 radical (unpaired) electrons. The summed E-state index contributed by atoms with van der Waals surface area (Å²) in [6.45, 7) is 1.34. The van der Waals surface area contributed by atoms with Crippen LogP contribution in [0, 0.1) is 0 Å². The lowest BCUT2D eigenvalue weighted by molar-refractivity contribution is -0.142. The number of anilines is 1. The van der Waals surface area contributed by atoms with Crippen molar-refractivity contribution in [2.45, 2.75) is 50.6 Å². The Balaban J connectivity index is 1.87. The molecule has 1 saturated heterocycles. The van der Waals surface area contributed by atoms with Crippen molar-refractivity contribution in [1.82, 2.24) is 10.6 Å². The van der Waals surface area contributed by atoms with Gasteiger partial charge in [0, 0.05) is 18.5 Å². The first-order valence-electron chi connectivity index (χ1n) is 9.35. The third kappa shape index (κ3) is 6.99. The molecule has 2 amide bonds. The molecule has 0 spiro atoms. The fraction of sp³-hybridized carbons (Fsp3) is 0.526. The molecular weight excluding hydrogens is 348 g/mol. The lowest BCUT2D eigenvalue weighted by atomic mass is 10.0. The number of nitrogens with one attached hydrogen (secondary N) is 3. The van der Waals surface area contributed by atoms with Crippen LogP contribution in [0.4, 0.5) is 5.69 Å². The summed E-state index contributed by atoms with van der Waals surface area (Å²) < 4.78 is 0. The zero-order valence-electron chi connectivity index (χ0n) is 15.4. The van der Waals surface area contributed by atoms with Crippen LogP contribution >= 0.6 is 0 Å². The largest absolute Gasteiger partial charge is 0.480 e. The summed E-state index contributed by atoms with van der Waals surface area (Å²) in [6, 6.07) is 5.67. The summed E-state index contributed by atoms with van der Waals surface area (Å²) in [6.07, 6.45) is 3.79. The van der Waals surface area contributed by atoms with Gasteiger partial charge >= 0.3 is 5.97 Å². The molecule has 2 atom stereocenters. The van der Waals surface area contributed by atoms with Gasteiger partial charge < -0.3 is 26.8 Å². The van der Waals surface area contributed by atoms with Gasteiger partial charge in [-0.05, 0) is 56.5 Å². The summed E-state index contributed by atoms with van der Waals surface area (Å²) in [5, 5.41) is 17.9. The van der Waals surface area contributed by atoms with Crippen molar-refractivity contribution in [3.63, 3.8) is 0 Å². The summed E-state index contributed by atoms with van der Waals surface area (Å²) in [5.74, 6) is -1.42. The number of rotatable bonds is 10. The van der Waals surface area contributed by atoms with E-state index in [2.05, 4.69) is 16.0 Å². The number of carboxylic acids is 1. The van der Waals surface area contributed by atoms with E-state index in [1.54, 1.807) is 24.3 Å². The molecular formula is C19H28N4O4. The van der Waals surface area contributed by atoms with E-state index in [0.717, 1.165) is 37.8 Å². The van der Waals surface area contributed by atoms with Crippen molar-refractivity contribution < 1.29 is 19.5 Å². The minimum atomic E-state index is -1.07. The maximum atomic E-state index is 12.1. The van der Waals surface area contributed by atoms with Crippen molar-refractivity contribution in [2.75, 3.05) is 18.4 Å². The Kier molecular flexibility index (Phi) is 8.22. The lowest BCUT2D eigenvalue weighted by Gasteiger charge is -2.18. The molecule has 0 saturated carbocycles. The molecule has 1 aromatic carbocycles. The third-order valence-electron chi connectivity index (χ3n) is 4.53. The van der Waals surface area contributed by atoms with E-state index in [4.69, 9.17) is 5.73 Å². The number of unbranched alkanes of at least 4 members (excludes halogenated alkanes) is 1. The molecule has 2 rings (SSSR count). The number of hydrogen-bond donors (Lipinski definition) is 5. The number of carbonyl (C=O) groups is 3. The number of carboxylic acid groups (broad SMARTS) is 1. The van der Waals surface area contributed by atoms with Crippen LogP contribution in [0.2, 0.25) is 0 Å². The Morgan fingerprint density at radius 1 is 1.22 bits per heavy atom. The van der Waals surface area contributed by atoms with Gasteiger partial charge in [0.1, 0.15) is 6.04 Å². The second-order valence-corrected chi connectivity index (χ2v) is 6.74. The van der Waals surface area contributed by atoms with E-state index in [9.17, 15) is 19.5 Å². The minimum absolute atomic E-state index is 0.0732. The highest BCUT2D eigenvalue weighted by Gasteiger charge is 2.27. The van der Waals surface area contributed by atoms with Gasteiger partial charge in [0.25, 0.3) is 0 Å². The van der Waals surface area contributed by atoms with E-state index < -0.39 is 12.0 Å². The van der Waals surface area contributed by atoms with E-state index in [0.29, 0.717) is 18.7 Å². The van der Waals surface area contributed by atoms with Gasteiger partial charge in [0.2, 0.25) is 11.8 Å². The second-order valence-electron chi connectivity index (χ2n) is 6.74. The van der Waals surface area contributed by atoms with Gasteiger partial charge in [-0.15, -0.1) is 0 Å².